The number of thiophene rings is 1. The second-order valence-electron chi connectivity index (χ2n) is 6.80. The van der Waals surface area contributed by atoms with E-state index in [1.54, 1.807) is 11.3 Å². The number of aromatic nitrogens is 3. The van der Waals surface area contributed by atoms with E-state index in [0.29, 0.717) is 12.3 Å². The van der Waals surface area contributed by atoms with Crippen molar-refractivity contribution in [3.05, 3.63) is 52.2 Å². The number of aryl methyl sites for hydroxylation is 1. The van der Waals surface area contributed by atoms with Crippen molar-refractivity contribution in [3.8, 4) is 11.4 Å². The van der Waals surface area contributed by atoms with Crippen molar-refractivity contribution in [1.29, 1.82) is 0 Å². The fourth-order valence-corrected chi connectivity index (χ4v) is 4.60. The van der Waals surface area contributed by atoms with Gasteiger partial charge in [-0.05, 0) is 38.3 Å². The molecule has 0 fully saturated rings. The molecule has 0 bridgehead atoms. The summed E-state index contributed by atoms with van der Waals surface area (Å²) in [5, 5.41) is 14.7. The number of thioether (sulfide) groups is 1. The van der Waals surface area contributed by atoms with Gasteiger partial charge in [0.05, 0.1) is 5.75 Å². The molecule has 3 rings (SSSR count). The lowest BCUT2D eigenvalue weighted by Crippen LogP contribution is -2.27. The van der Waals surface area contributed by atoms with Gasteiger partial charge in [0.1, 0.15) is 0 Å². The summed E-state index contributed by atoms with van der Waals surface area (Å²) in [6.07, 6.45) is 1.85. The second kappa shape index (κ2) is 9.89. The van der Waals surface area contributed by atoms with Gasteiger partial charge in [-0.25, -0.2) is 0 Å². The van der Waals surface area contributed by atoms with Crippen LogP contribution in [0.4, 0.5) is 0 Å². The summed E-state index contributed by atoms with van der Waals surface area (Å²) in [4.78, 5) is 13.6. The highest BCUT2D eigenvalue weighted by Gasteiger charge is 2.18. The number of rotatable bonds is 9. The van der Waals surface area contributed by atoms with Crippen molar-refractivity contribution >= 4 is 29.0 Å². The van der Waals surface area contributed by atoms with Gasteiger partial charge in [-0.2, -0.15) is 0 Å². The minimum atomic E-state index is 0.0181. The normalized spacial score (nSPS) is 11.1. The lowest BCUT2D eigenvalue weighted by Gasteiger charge is -2.13. The zero-order valence-corrected chi connectivity index (χ0v) is 18.1. The molecule has 0 unspecified atom stereocenters. The predicted octanol–water partition coefficient (Wildman–Crippen LogP) is 4.60. The first-order chi connectivity index (χ1) is 13.6. The molecule has 1 N–H and O–H groups in total. The van der Waals surface area contributed by atoms with Crippen molar-refractivity contribution in [2.75, 3.05) is 12.3 Å². The molecule has 7 heteroatoms. The summed E-state index contributed by atoms with van der Waals surface area (Å²) >= 11 is 3.19. The number of nitrogens with zero attached hydrogens (tertiary/aromatic N) is 3. The van der Waals surface area contributed by atoms with Crippen LogP contribution in [0, 0.1) is 0 Å². The van der Waals surface area contributed by atoms with Gasteiger partial charge in [-0.3, -0.25) is 9.36 Å². The summed E-state index contributed by atoms with van der Waals surface area (Å²) in [6.45, 7) is 7.02. The fraction of sp³-hybridized carbons (Fsp3) is 0.381. The summed E-state index contributed by atoms with van der Waals surface area (Å²) in [6, 6.07) is 12.6. The Balaban J connectivity index is 1.58. The molecule has 0 saturated carbocycles. The fourth-order valence-electron chi connectivity index (χ4n) is 2.89. The lowest BCUT2D eigenvalue weighted by molar-refractivity contribution is -0.118. The molecule has 0 spiro atoms. The Bertz CT molecular complexity index is 902. The van der Waals surface area contributed by atoms with E-state index in [1.165, 1.54) is 22.2 Å². The Morgan fingerprint density at radius 1 is 1.25 bits per heavy atom. The molecule has 1 aromatic carbocycles. The Morgan fingerprint density at radius 3 is 2.71 bits per heavy atom. The van der Waals surface area contributed by atoms with E-state index in [1.807, 2.05) is 18.2 Å². The van der Waals surface area contributed by atoms with E-state index >= 15 is 0 Å². The molecule has 0 aliphatic rings. The highest BCUT2D eigenvalue weighted by molar-refractivity contribution is 7.99. The van der Waals surface area contributed by atoms with Crippen LogP contribution in [0.25, 0.3) is 11.4 Å². The molecule has 1 amide bonds. The number of carbonyl (C=O) groups excluding carboxylic acids is 1. The van der Waals surface area contributed by atoms with Gasteiger partial charge in [0.25, 0.3) is 0 Å². The van der Waals surface area contributed by atoms with Gasteiger partial charge in [0.15, 0.2) is 11.0 Å². The molecule has 0 aliphatic heterocycles. The van der Waals surface area contributed by atoms with Gasteiger partial charge < -0.3 is 5.32 Å². The van der Waals surface area contributed by atoms with Crippen molar-refractivity contribution in [2.45, 2.75) is 44.8 Å². The van der Waals surface area contributed by atoms with Crippen LogP contribution in [0.2, 0.25) is 0 Å². The lowest BCUT2D eigenvalue weighted by atomic mass is 10.1. The van der Waals surface area contributed by atoms with Crippen LogP contribution in [0.5, 0.6) is 0 Å². The van der Waals surface area contributed by atoms with E-state index in [9.17, 15) is 4.79 Å². The highest BCUT2D eigenvalue weighted by Crippen LogP contribution is 2.30. The Labute approximate surface area is 174 Å². The molecule has 2 heterocycles. The second-order valence-corrected chi connectivity index (χ2v) is 8.74. The largest absolute Gasteiger partial charge is 0.355 e. The molecule has 0 radical (unpaired) electrons. The summed E-state index contributed by atoms with van der Waals surface area (Å²) in [5.74, 6) is 1.23. The van der Waals surface area contributed by atoms with Crippen LogP contribution in [0.1, 0.15) is 37.3 Å². The maximum Gasteiger partial charge on any atom is 0.230 e. The van der Waals surface area contributed by atoms with Gasteiger partial charge in [-0.15, -0.1) is 21.5 Å². The average molecular weight is 415 g/mol. The SMILES string of the molecule is CCc1cc(-c2nnc(SCC(=O)NCCc3ccccc3)n2C(C)C)cs1. The number of hydrogen-bond acceptors (Lipinski definition) is 5. The number of nitrogens with one attached hydrogen (secondary N) is 1. The molecular formula is C21H26N4OS2. The van der Waals surface area contributed by atoms with E-state index in [2.05, 4.69) is 64.4 Å². The third-order valence-corrected chi connectivity index (χ3v) is 6.38. The summed E-state index contributed by atoms with van der Waals surface area (Å²) in [7, 11) is 0. The monoisotopic (exact) mass is 414 g/mol. The Hall–Kier alpha value is -2.12. The number of amides is 1. The molecule has 0 saturated heterocycles. The van der Waals surface area contributed by atoms with Crippen molar-refractivity contribution < 1.29 is 4.79 Å². The third-order valence-electron chi connectivity index (χ3n) is 4.35. The molecule has 0 atom stereocenters. The average Bonchev–Trinajstić information content (AvgIpc) is 3.33. The summed E-state index contributed by atoms with van der Waals surface area (Å²) in [5.41, 5.74) is 2.32. The van der Waals surface area contributed by atoms with Crippen LogP contribution < -0.4 is 5.32 Å². The first-order valence-corrected chi connectivity index (χ1v) is 11.4. The number of benzene rings is 1. The maximum atomic E-state index is 12.2. The molecule has 28 heavy (non-hydrogen) atoms. The number of hydrogen-bond donors (Lipinski definition) is 1. The van der Waals surface area contributed by atoms with E-state index < -0.39 is 0 Å². The number of carbonyl (C=O) groups is 1. The Kier molecular flexibility index (Phi) is 7.28. The van der Waals surface area contributed by atoms with Crippen molar-refractivity contribution in [1.82, 2.24) is 20.1 Å². The van der Waals surface area contributed by atoms with Crippen molar-refractivity contribution in [2.24, 2.45) is 0 Å². The minimum Gasteiger partial charge on any atom is -0.355 e. The third kappa shape index (κ3) is 5.23. The summed E-state index contributed by atoms with van der Waals surface area (Å²) < 4.78 is 2.11. The molecule has 148 valence electrons. The van der Waals surface area contributed by atoms with Crippen LogP contribution >= 0.6 is 23.1 Å². The smallest absolute Gasteiger partial charge is 0.230 e. The predicted molar refractivity (Wildman–Crippen MR) is 117 cm³/mol. The first kappa shape index (κ1) is 20.6. The molecule has 0 aliphatic carbocycles. The van der Waals surface area contributed by atoms with E-state index in [4.69, 9.17) is 0 Å². The minimum absolute atomic E-state index is 0.0181. The van der Waals surface area contributed by atoms with Crippen LogP contribution in [0.15, 0.2) is 46.9 Å². The standard InChI is InChI=1S/C21H26N4OS2/c1-4-18-12-17(13-27-18)20-23-24-21(25(20)15(2)3)28-14-19(26)22-11-10-16-8-6-5-7-9-16/h5-9,12-13,15H,4,10-11,14H2,1-3H3,(H,22,26). The van der Waals surface area contributed by atoms with Gasteiger partial charge in [0.2, 0.25) is 5.91 Å². The maximum absolute atomic E-state index is 12.2. The van der Waals surface area contributed by atoms with Gasteiger partial charge in [-0.1, -0.05) is 49.0 Å². The van der Waals surface area contributed by atoms with E-state index in [0.717, 1.165) is 29.4 Å². The van der Waals surface area contributed by atoms with Crippen LogP contribution in [-0.4, -0.2) is 33.0 Å². The molecule has 2 aromatic heterocycles. The Morgan fingerprint density at radius 2 is 2.04 bits per heavy atom. The van der Waals surface area contributed by atoms with Crippen molar-refractivity contribution in [3.63, 3.8) is 0 Å². The topological polar surface area (TPSA) is 59.8 Å². The van der Waals surface area contributed by atoms with Gasteiger partial charge in [0, 0.05) is 28.4 Å². The zero-order valence-electron chi connectivity index (χ0n) is 16.5. The quantitative estimate of drug-likeness (QED) is 0.520. The zero-order chi connectivity index (χ0) is 19.9. The van der Waals surface area contributed by atoms with Gasteiger partial charge >= 0.3 is 0 Å². The first-order valence-electron chi connectivity index (χ1n) is 9.54. The van der Waals surface area contributed by atoms with Crippen LogP contribution in [-0.2, 0) is 17.6 Å². The molecular weight excluding hydrogens is 388 g/mol. The van der Waals surface area contributed by atoms with Crippen LogP contribution in [0.3, 0.4) is 0 Å². The molecule has 3 aromatic rings. The van der Waals surface area contributed by atoms with E-state index in [-0.39, 0.29) is 11.9 Å². The highest BCUT2D eigenvalue weighted by atomic mass is 32.2. The molecule has 5 nitrogen and oxygen atoms in total.